The van der Waals surface area contributed by atoms with E-state index in [1.807, 2.05) is 0 Å². The van der Waals surface area contributed by atoms with Crippen LogP contribution in [0.2, 0.25) is 0 Å². The Labute approximate surface area is 202 Å². The number of hydrazone groups is 1. The summed E-state index contributed by atoms with van der Waals surface area (Å²) in [5.41, 5.74) is 1.86. The lowest BCUT2D eigenvalue weighted by Gasteiger charge is -2.21. The summed E-state index contributed by atoms with van der Waals surface area (Å²) >= 11 is 0. The third-order valence-corrected chi connectivity index (χ3v) is 5.22. The summed E-state index contributed by atoms with van der Waals surface area (Å²) in [6, 6.07) is 11.4. The first kappa shape index (κ1) is 27.2. The fourth-order valence-electron chi connectivity index (χ4n) is 2.67. The number of hydrogen-bond donors (Lipinski definition) is 1. The number of esters is 1. The van der Waals surface area contributed by atoms with Crippen molar-refractivity contribution in [2.45, 2.75) is 26.4 Å². The smallest absolute Gasteiger partial charge is 0.344 e. The van der Waals surface area contributed by atoms with Gasteiger partial charge in [-0.25, -0.2) is 18.6 Å². The maximum absolute atomic E-state index is 12.3. The van der Waals surface area contributed by atoms with Gasteiger partial charge in [0, 0.05) is 12.1 Å². The molecule has 0 heterocycles. The summed E-state index contributed by atoms with van der Waals surface area (Å²) < 4.78 is 35.5. The SMILES string of the molecule is CC(C)(C)OC(=O)COc1ccc(/C=N/NC(=O)CN(c2cccc([N+](=O)[O-])c2)S(C)(=O)=O)cc1. The summed E-state index contributed by atoms with van der Waals surface area (Å²) in [5, 5.41) is 14.8. The van der Waals surface area contributed by atoms with Gasteiger partial charge in [0.1, 0.15) is 17.9 Å². The number of nitrogens with one attached hydrogen (secondary N) is 1. The van der Waals surface area contributed by atoms with Gasteiger partial charge in [0.15, 0.2) is 6.61 Å². The molecule has 2 aromatic rings. The van der Waals surface area contributed by atoms with Crippen molar-refractivity contribution in [1.82, 2.24) is 5.43 Å². The second-order valence-electron chi connectivity index (χ2n) is 8.28. The molecule has 1 amide bonds. The van der Waals surface area contributed by atoms with E-state index in [-0.39, 0.29) is 18.0 Å². The topological polar surface area (TPSA) is 158 Å². The van der Waals surface area contributed by atoms with E-state index in [9.17, 15) is 28.1 Å². The van der Waals surface area contributed by atoms with E-state index < -0.39 is 39.0 Å². The van der Waals surface area contributed by atoms with Crippen LogP contribution in [0.1, 0.15) is 26.3 Å². The van der Waals surface area contributed by atoms with Gasteiger partial charge in [0.05, 0.1) is 23.1 Å². The van der Waals surface area contributed by atoms with Gasteiger partial charge in [0.2, 0.25) is 10.0 Å². The van der Waals surface area contributed by atoms with Crippen LogP contribution in [0.4, 0.5) is 11.4 Å². The van der Waals surface area contributed by atoms with E-state index in [2.05, 4.69) is 10.5 Å². The van der Waals surface area contributed by atoms with Gasteiger partial charge in [-0.3, -0.25) is 19.2 Å². The molecule has 0 spiro atoms. The normalized spacial score (nSPS) is 11.7. The number of nitro groups is 1. The van der Waals surface area contributed by atoms with Crippen LogP contribution in [-0.4, -0.2) is 56.4 Å². The molecule has 0 fully saturated rings. The van der Waals surface area contributed by atoms with E-state index in [1.165, 1.54) is 24.4 Å². The predicted octanol–water partition coefficient (Wildman–Crippen LogP) is 2.23. The number of amides is 1. The molecule has 0 unspecified atom stereocenters. The van der Waals surface area contributed by atoms with Gasteiger partial charge in [-0.05, 0) is 56.7 Å². The molecule has 0 saturated heterocycles. The van der Waals surface area contributed by atoms with Gasteiger partial charge in [-0.1, -0.05) is 6.07 Å². The third kappa shape index (κ3) is 9.41. The van der Waals surface area contributed by atoms with E-state index >= 15 is 0 Å². The summed E-state index contributed by atoms with van der Waals surface area (Å²) in [7, 11) is -3.91. The number of nitrogens with zero attached hydrogens (tertiary/aromatic N) is 3. The number of anilines is 1. The monoisotopic (exact) mass is 506 g/mol. The number of carbonyl (C=O) groups is 2. The van der Waals surface area contributed by atoms with E-state index in [0.29, 0.717) is 11.3 Å². The molecule has 2 aromatic carbocycles. The van der Waals surface area contributed by atoms with Crippen LogP contribution in [-0.2, 0) is 24.3 Å². The minimum atomic E-state index is -3.91. The Kier molecular flexibility index (Phi) is 8.89. The van der Waals surface area contributed by atoms with Crippen molar-refractivity contribution >= 4 is 39.5 Å². The van der Waals surface area contributed by atoms with Crippen LogP contribution in [0.25, 0.3) is 0 Å². The first-order chi connectivity index (χ1) is 16.2. The van der Waals surface area contributed by atoms with Crippen molar-refractivity contribution in [3.05, 3.63) is 64.2 Å². The second kappa shape index (κ2) is 11.4. The minimum absolute atomic E-state index is 0.0252. The average molecular weight is 507 g/mol. The molecule has 188 valence electrons. The second-order valence-corrected chi connectivity index (χ2v) is 10.2. The average Bonchev–Trinajstić information content (AvgIpc) is 2.75. The number of hydrogen-bond acceptors (Lipinski definition) is 9. The zero-order valence-electron chi connectivity index (χ0n) is 19.6. The number of ether oxygens (including phenoxy) is 2. The standard InChI is InChI=1S/C22H26N4O8S/c1-22(2,3)34-21(28)15-33-19-10-8-16(9-11-19)13-23-24-20(27)14-25(35(4,31)32)17-6-5-7-18(12-17)26(29)30/h5-13H,14-15H2,1-4H3,(H,24,27)/b23-13+. The van der Waals surface area contributed by atoms with Gasteiger partial charge in [0.25, 0.3) is 11.6 Å². The first-order valence-corrected chi connectivity index (χ1v) is 12.1. The highest BCUT2D eigenvalue weighted by molar-refractivity contribution is 7.92. The van der Waals surface area contributed by atoms with Crippen LogP contribution in [0.3, 0.4) is 0 Å². The van der Waals surface area contributed by atoms with Gasteiger partial charge < -0.3 is 9.47 Å². The van der Waals surface area contributed by atoms with Gasteiger partial charge in [-0.2, -0.15) is 5.10 Å². The van der Waals surface area contributed by atoms with E-state index in [4.69, 9.17) is 9.47 Å². The molecule has 1 N–H and O–H groups in total. The molecule has 35 heavy (non-hydrogen) atoms. The number of rotatable bonds is 10. The molecule has 0 aliphatic rings. The molecule has 13 heteroatoms. The van der Waals surface area contributed by atoms with Gasteiger partial charge >= 0.3 is 5.97 Å². The highest BCUT2D eigenvalue weighted by Crippen LogP contribution is 2.23. The van der Waals surface area contributed by atoms with Crippen LogP contribution in [0.15, 0.2) is 53.6 Å². The number of sulfonamides is 1. The third-order valence-electron chi connectivity index (χ3n) is 4.08. The first-order valence-electron chi connectivity index (χ1n) is 10.2. The molecule has 0 radical (unpaired) electrons. The van der Waals surface area contributed by atoms with Crippen molar-refractivity contribution in [3.8, 4) is 5.75 Å². The molecule has 0 aromatic heterocycles. The maximum Gasteiger partial charge on any atom is 0.344 e. The van der Waals surface area contributed by atoms with Crippen molar-refractivity contribution in [2.24, 2.45) is 5.10 Å². The lowest BCUT2D eigenvalue weighted by atomic mass is 10.2. The highest BCUT2D eigenvalue weighted by Gasteiger charge is 2.22. The number of nitro benzene ring substituents is 1. The molecule has 0 aliphatic carbocycles. The Balaban J connectivity index is 1.95. The van der Waals surface area contributed by atoms with Crippen LogP contribution in [0, 0.1) is 10.1 Å². The fourth-order valence-corrected chi connectivity index (χ4v) is 3.52. The van der Waals surface area contributed by atoms with Gasteiger partial charge in [-0.15, -0.1) is 0 Å². The van der Waals surface area contributed by atoms with Crippen LogP contribution >= 0.6 is 0 Å². The largest absolute Gasteiger partial charge is 0.482 e. The molecule has 0 aliphatic heterocycles. The summed E-state index contributed by atoms with van der Waals surface area (Å²) in [6.45, 7) is 4.38. The number of carbonyl (C=O) groups excluding carboxylic acids is 2. The maximum atomic E-state index is 12.3. The number of benzene rings is 2. The molecule has 2 rings (SSSR count). The molecule has 0 saturated carbocycles. The molecule has 0 atom stereocenters. The Bertz CT molecular complexity index is 1200. The zero-order chi connectivity index (χ0) is 26.2. The summed E-state index contributed by atoms with van der Waals surface area (Å²) in [5.74, 6) is -0.826. The van der Waals surface area contributed by atoms with Crippen molar-refractivity contribution in [2.75, 3.05) is 23.7 Å². The highest BCUT2D eigenvalue weighted by atomic mass is 32.2. The Morgan fingerprint density at radius 1 is 1.17 bits per heavy atom. The molecular weight excluding hydrogens is 480 g/mol. The Hall–Kier alpha value is -4.00. The molecular formula is C22H26N4O8S. The fraction of sp³-hybridized carbons (Fsp3) is 0.318. The lowest BCUT2D eigenvalue weighted by Crippen LogP contribution is -2.39. The van der Waals surface area contributed by atoms with Crippen molar-refractivity contribution in [1.29, 1.82) is 0 Å². The Morgan fingerprint density at radius 2 is 1.83 bits per heavy atom. The van der Waals surface area contributed by atoms with Crippen molar-refractivity contribution < 1.29 is 32.4 Å². The summed E-state index contributed by atoms with van der Waals surface area (Å²) in [6.07, 6.45) is 2.21. The van der Waals surface area contributed by atoms with Crippen LogP contribution < -0.4 is 14.5 Å². The number of non-ortho nitro benzene ring substituents is 1. The Morgan fingerprint density at radius 3 is 2.40 bits per heavy atom. The quantitative estimate of drug-likeness (QED) is 0.222. The molecule has 12 nitrogen and oxygen atoms in total. The summed E-state index contributed by atoms with van der Waals surface area (Å²) in [4.78, 5) is 34.3. The van der Waals surface area contributed by atoms with Crippen LogP contribution in [0.5, 0.6) is 5.75 Å². The van der Waals surface area contributed by atoms with E-state index in [1.54, 1.807) is 45.0 Å². The molecule has 0 bridgehead atoms. The minimum Gasteiger partial charge on any atom is -0.482 e. The van der Waals surface area contributed by atoms with Crippen molar-refractivity contribution in [3.63, 3.8) is 0 Å². The predicted molar refractivity (Wildman–Crippen MR) is 129 cm³/mol. The zero-order valence-corrected chi connectivity index (χ0v) is 20.4. The lowest BCUT2D eigenvalue weighted by molar-refractivity contribution is -0.384. The van der Waals surface area contributed by atoms with E-state index in [0.717, 1.165) is 16.6 Å².